The van der Waals surface area contributed by atoms with E-state index in [2.05, 4.69) is 8.92 Å². The summed E-state index contributed by atoms with van der Waals surface area (Å²) in [5, 5.41) is 0. The number of alkyl halides is 3. The zero-order valence-corrected chi connectivity index (χ0v) is 11.3. The Morgan fingerprint density at radius 3 is 1.95 bits per heavy atom. The molecule has 0 saturated carbocycles. The second-order valence-electron chi connectivity index (χ2n) is 3.75. The molecule has 0 fully saturated rings. The van der Waals surface area contributed by atoms with Gasteiger partial charge >= 0.3 is 6.18 Å². The monoisotopic (exact) mass is 314 g/mol. The topological polar surface area (TPSA) is 61.8 Å². The summed E-state index contributed by atoms with van der Waals surface area (Å²) in [7, 11) is -3.51. The largest absolute Gasteiger partial charge is 0.491 e. The Balaban J connectivity index is 2.35. The first-order valence-electron chi connectivity index (χ1n) is 5.42. The van der Waals surface area contributed by atoms with Crippen molar-refractivity contribution in [1.29, 1.82) is 0 Å². The summed E-state index contributed by atoms with van der Waals surface area (Å²) in [6.45, 7) is -1.52. The molecule has 20 heavy (non-hydrogen) atoms. The quantitative estimate of drug-likeness (QED) is 0.569. The van der Waals surface area contributed by atoms with E-state index in [1.165, 1.54) is 24.3 Å². The van der Waals surface area contributed by atoms with Crippen LogP contribution in [-0.4, -0.2) is 40.7 Å². The highest BCUT2D eigenvalue weighted by molar-refractivity contribution is 7.85. The zero-order chi connectivity index (χ0) is 15.2. The summed E-state index contributed by atoms with van der Waals surface area (Å²) in [5.74, 6) is 0.420. The molecule has 0 bridgehead atoms. The maximum absolute atomic E-state index is 11.9. The molecule has 0 N–H and O–H groups in total. The molecule has 1 aromatic rings. The minimum Gasteiger partial charge on any atom is -0.491 e. The number of benzene rings is 1. The third-order valence-corrected chi connectivity index (χ3v) is 2.47. The van der Waals surface area contributed by atoms with E-state index in [0.29, 0.717) is 5.75 Å². The van der Waals surface area contributed by atoms with Crippen LogP contribution in [0.3, 0.4) is 0 Å². The van der Waals surface area contributed by atoms with Crippen LogP contribution in [0.1, 0.15) is 0 Å². The average molecular weight is 314 g/mol. The van der Waals surface area contributed by atoms with Crippen LogP contribution >= 0.6 is 0 Å². The van der Waals surface area contributed by atoms with Crippen LogP contribution in [-0.2, 0) is 14.3 Å². The molecule has 114 valence electrons. The minimum absolute atomic E-state index is 0.00414. The van der Waals surface area contributed by atoms with Crippen LogP contribution in [0.5, 0.6) is 11.5 Å². The van der Waals surface area contributed by atoms with E-state index >= 15 is 0 Å². The lowest BCUT2D eigenvalue weighted by Crippen LogP contribution is -2.19. The van der Waals surface area contributed by atoms with Gasteiger partial charge in [0.1, 0.15) is 24.7 Å². The van der Waals surface area contributed by atoms with Crippen molar-refractivity contribution in [3.05, 3.63) is 24.3 Å². The van der Waals surface area contributed by atoms with E-state index in [-0.39, 0.29) is 19.0 Å². The van der Waals surface area contributed by atoms with Crippen LogP contribution in [0.25, 0.3) is 0 Å². The van der Waals surface area contributed by atoms with E-state index in [9.17, 15) is 21.6 Å². The highest BCUT2D eigenvalue weighted by Crippen LogP contribution is 2.21. The molecule has 0 atom stereocenters. The molecule has 1 rings (SSSR count). The molecule has 9 heteroatoms. The van der Waals surface area contributed by atoms with Crippen LogP contribution in [0.15, 0.2) is 24.3 Å². The van der Waals surface area contributed by atoms with Gasteiger partial charge in [0.25, 0.3) is 10.1 Å². The van der Waals surface area contributed by atoms with E-state index in [4.69, 9.17) is 4.74 Å². The normalized spacial score (nSPS) is 12.2. The molecule has 1 aromatic carbocycles. The molecule has 0 spiro atoms. The smallest absolute Gasteiger partial charge is 0.422 e. The molecule has 0 saturated heterocycles. The van der Waals surface area contributed by atoms with Gasteiger partial charge < -0.3 is 9.47 Å². The molecule has 0 unspecified atom stereocenters. The number of ether oxygens (including phenoxy) is 2. The van der Waals surface area contributed by atoms with E-state index in [1.54, 1.807) is 0 Å². The van der Waals surface area contributed by atoms with Gasteiger partial charge in [-0.05, 0) is 24.3 Å². The van der Waals surface area contributed by atoms with Gasteiger partial charge in [-0.2, -0.15) is 21.6 Å². The second kappa shape index (κ2) is 6.80. The highest BCUT2D eigenvalue weighted by Gasteiger charge is 2.28. The molecule has 0 aliphatic rings. The minimum atomic E-state index is -4.39. The van der Waals surface area contributed by atoms with Crippen molar-refractivity contribution < 1.29 is 35.2 Å². The first-order chi connectivity index (χ1) is 9.16. The Morgan fingerprint density at radius 1 is 1.00 bits per heavy atom. The van der Waals surface area contributed by atoms with E-state index in [1.807, 2.05) is 0 Å². The maximum atomic E-state index is 11.9. The van der Waals surface area contributed by atoms with E-state index in [0.717, 1.165) is 6.26 Å². The molecule has 0 radical (unpaired) electrons. The summed E-state index contributed by atoms with van der Waals surface area (Å²) in [4.78, 5) is 0. The van der Waals surface area contributed by atoms with Gasteiger partial charge in [-0.1, -0.05) is 0 Å². The first kappa shape index (κ1) is 16.6. The fourth-order valence-electron chi connectivity index (χ4n) is 1.14. The Kier molecular flexibility index (Phi) is 5.63. The number of hydrogen-bond donors (Lipinski definition) is 0. The maximum Gasteiger partial charge on any atom is 0.422 e. The fraction of sp³-hybridized carbons (Fsp3) is 0.455. The van der Waals surface area contributed by atoms with Gasteiger partial charge in [-0.3, -0.25) is 4.18 Å². The SMILES string of the molecule is CS(=O)(=O)OCCOc1ccc(OCC(F)(F)F)cc1. The Labute approximate surface area is 114 Å². The van der Waals surface area contributed by atoms with Crippen molar-refractivity contribution in [2.24, 2.45) is 0 Å². The molecule has 0 aromatic heterocycles. The summed E-state index contributed by atoms with van der Waals surface area (Å²) >= 11 is 0. The predicted octanol–water partition coefficient (Wildman–Crippen LogP) is 1.98. The van der Waals surface area contributed by atoms with Gasteiger partial charge in [-0.15, -0.1) is 0 Å². The Bertz CT molecular complexity index is 510. The predicted molar refractivity (Wildman–Crippen MR) is 64.3 cm³/mol. The standard InChI is InChI=1S/C11H13F3O5S/c1-20(15,16)19-7-6-17-9-2-4-10(5-3-9)18-8-11(12,13)14/h2-5H,6-8H2,1H3. The van der Waals surface area contributed by atoms with Gasteiger partial charge in [0.2, 0.25) is 0 Å². The van der Waals surface area contributed by atoms with Crippen molar-refractivity contribution in [3.8, 4) is 11.5 Å². The average Bonchev–Trinajstić information content (AvgIpc) is 2.31. The van der Waals surface area contributed by atoms with E-state index < -0.39 is 22.9 Å². The Morgan fingerprint density at radius 2 is 1.50 bits per heavy atom. The van der Waals surface area contributed by atoms with Crippen molar-refractivity contribution in [2.45, 2.75) is 6.18 Å². The summed E-state index contributed by atoms with van der Waals surface area (Å²) in [6, 6.07) is 5.45. The molecular formula is C11H13F3O5S. The van der Waals surface area contributed by atoms with Crippen molar-refractivity contribution >= 4 is 10.1 Å². The molecule has 5 nitrogen and oxygen atoms in total. The molecule has 0 aliphatic carbocycles. The number of rotatable bonds is 7. The molecular weight excluding hydrogens is 301 g/mol. The van der Waals surface area contributed by atoms with Crippen LogP contribution in [0.2, 0.25) is 0 Å². The third kappa shape index (κ3) is 7.85. The van der Waals surface area contributed by atoms with Crippen molar-refractivity contribution in [2.75, 3.05) is 26.1 Å². The fourth-order valence-corrected chi connectivity index (χ4v) is 1.51. The first-order valence-corrected chi connectivity index (χ1v) is 7.24. The molecule has 0 heterocycles. The lowest BCUT2D eigenvalue weighted by atomic mass is 10.3. The van der Waals surface area contributed by atoms with Gasteiger partial charge in [0.15, 0.2) is 6.61 Å². The molecule has 0 amide bonds. The van der Waals surface area contributed by atoms with Crippen LogP contribution in [0.4, 0.5) is 13.2 Å². The summed E-state index contributed by atoms with van der Waals surface area (Å²) in [6.07, 6.45) is -3.47. The number of halogens is 3. The van der Waals surface area contributed by atoms with Gasteiger partial charge in [0, 0.05) is 0 Å². The van der Waals surface area contributed by atoms with Crippen molar-refractivity contribution in [3.63, 3.8) is 0 Å². The summed E-state index contributed by atoms with van der Waals surface area (Å²) < 4.78 is 71.1. The third-order valence-electron chi connectivity index (χ3n) is 1.88. The van der Waals surface area contributed by atoms with Crippen molar-refractivity contribution in [1.82, 2.24) is 0 Å². The lowest BCUT2D eigenvalue weighted by Gasteiger charge is -2.10. The zero-order valence-electron chi connectivity index (χ0n) is 10.5. The number of hydrogen-bond acceptors (Lipinski definition) is 5. The van der Waals surface area contributed by atoms with Crippen LogP contribution < -0.4 is 9.47 Å². The second-order valence-corrected chi connectivity index (χ2v) is 5.39. The lowest BCUT2D eigenvalue weighted by molar-refractivity contribution is -0.153. The molecule has 0 aliphatic heterocycles. The Hall–Kier alpha value is -1.48. The van der Waals surface area contributed by atoms with Gasteiger partial charge in [-0.25, -0.2) is 0 Å². The summed E-state index contributed by atoms with van der Waals surface area (Å²) in [5.41, 5.74) is 0. The van der Waals surface area contributed by atoms with Crippen LogP contribution in [0, 0.1) is 0 Å². The van der Waals surface area contributed by atoms with Gasteiger partial charge in [0.05, 0.1) is 6.26 Å². The highest BCUT2D eigenvalue weighted by atomic mass is 32.2.